The van der Waals surface area contributed by atoms with Crippen molar-refractivity contribution in [2.24, 2.45) is 0 Å². The molecule has 1 fully saturated rings. The predicted octanol–water partition coefficient (Wildman–Crippen LogP) is 2.20. The number of carboxylic acid groups (broad SMARTS) is 1. The molecule has 1 atom stereocenters. The number of para-hydroxylation sites is 1. The van der Waals surface area contributed by atoms with Crippen LogP contribution in [0, 0.1) is 5.82 Å². The summed E-state index contributed by atoms with van der Waals surface area (Å²) >= 11 is 0. The van der Waals surface area contributed by atoms with Gasteiger partial charge in [0.25, 0.3) is 5.91 Å². The highest BCUT2D eigenvalue weighted by molar-refractivity contribution is 5.78. The Labute approximate surface area is 174 Å². The molecule has 0 unspecified atom stereocenters. The first-order valence-electron chi connectivity index (χ1n) is 9.72. The van der Waals surface area contributed by atoms with Crippen LogP contribution in [0.15, 0.2) is 48.5 Å². The summed E-state index contributed by atoms with van der Waals surface area (Å²) in [6, 6.07) is 13.5. The van der Waals surface area contributed by atoms with Crippen LogP contribution in [-0.2, 0) is 20.7 Å². The maximum atomic E-state index is 13.9. The Bertz CT molecular complexity index is 866. The zero-order chi connectivity index (χ0) is 21.5. The Hall–Kier alpha value is -3.13. The highest BCUT2D eigenvalue weighted by Gasteiger charge is 2.23. The maximum Gasteiger partial charge on any atom is 0.333 e. The highest BCUT2D eigenvalue weighted by atomic mass is 19.1. The summed E-state index contributed by atoms with van der Waals surface area (Å²) in [6.07, 6.45) is -0.654. The minimum absolute atomic E-state index is 0.0884. The molecule has 8 heteroatoms. The molecule has 0 saturated carbocycles. The zero-order valence-electron chi connectivity index (χ0n) is 16.8. The molecule has 160 valence electrons. The van der Waals surface area contributed by atoms with E-state index in [9.17, 15) is 14.0 Å². The number of nitrogens with zero attached hydrogens (tertiary/aromatic N) is 2. The number of ether oxygens (including phenoxy) is 2. The molecule has 7 nitrogen and oxygen atoms in total. The summed E-state index contributed by atoms with van der Waals surface area (Å²) in [4.78, 5) is 27.1. The van der Waals surface area contributed by atoms with E-state index in [0.29, 0.717) is 37.6 Å². The second kappa shape index (κ2) is 10.1. The Morgan fingerprint density at radius 3 is 2.33 bits per heavy atom. The van der Waals surface area contributed by atoms with Gasteiger partial charge in [-0.3, -0.25) is 4.79 Å². The molecule has 2 aromatic carbocycles. The van der Waals surface area contributed by atoms with Crippen LogP contribution in [0.2, 0.25) is 0 Å². The highest BCUT2D eigenvalue weighted by Crippen LogP contribution is 2.20. The zero-order valence-corrected chi connectivity index (χ0v) is 16.8. The molecule has 2 aromatic rings. The summed E-state index contributed by atoms with van der Waals surface area (Å²) in [5.74, 6) is -0.873. The van der Waals surface area contributed by atoms with Gasteiger partial charge in [0.1, 0.15) is 11.6 Å². The van der Waals surface area contributed by atoms with Crippen LogP contribution < -0.4 is 9.64 Å². The molecule has 0 aromatic heterocycles. The number of carbonyl (C=O) groups excluding carboxylic acids is 1. The number of amides is 1. The molecule has 0 spiro atoms. The Kier molecular flexibility index (Phi) is 7.24. The molecule has 1 N–H and O–H groups in total. The van der Waals surface area contributed by atoms with Gasteiger partial charge in [0.2, 0.25) is 0 Å². The Morgan fingerprint density at radius 1 is 1.07 bits per heavy atom. The van der Waals surface area contributed by atoms with E-state index >= 15 is 0 Å². The number of hydrogen-bond donors (Lipinski definition) is 1. The number of methoxy groups -OCH3 is 1. The monoisotopic (exact) mass is 416 g/mol. The number of rotatable bonds is 8. The predicted molar refractivity (Wildman–Crippen MR) is 109 cm³/mol. The number of piperazine rings is 1. The third-order valence-corrected chi connectivity index (χ3v) is 5.09. The topological polar surface area (TPSA) is 79.3 Å². The van der Waals surface area contributed by atoms with Gasteiger partial charge >= 0.3 is 5.97 Å². The maximum absolute atomic E-state index is 13.9. The molecule has 30 heavy (non-hydrogen) atoms. The first-order chi connectivity index (χ1) is 14.5. The average Bonchev–Trinajstić information content (AvgIpc) is 2.77. The molecule has 1 aliphatic rings. The number of anilines is 1. The number of hydrogen-bond acceptors (Lipinski definition) is 5. The third kappa shape index (κ3) is 5.48. The number of aliphatic carboxylic acids is 1. The quantitative estimate of drug-likeness (QED) is 0.711. The van der Waals surface area contributed by atoms with Crippen molar-refractivity contribution >= 4 is 17.6 Å². The van der Waals surface area contributed by atoms with Crippen molar-refractivity contribution in [2.75, 3.05) is 44.8 Å². The van der Waals surface area contributed by atoms with Crippen LogP contribution in [0.25, 0.3) is 0 Å². The van der Waals surface area contributed by atoms with Crippen molar-refractivity contribution in [1.82, 2.24) is 4.90 Å². The van der Waals surface area contributed by atoms with Crippen LogP contribution >= 0.6 is 0 Å². The summed E-state index contributed by atoms with van der Waals surface area (Å²) < 4.78 is 24.4. The first-order valence-corrected chi connectivity index (χ1v) is 9.72. The standard InChI is InChI=1S/C22H25FN2O5/c1-29-20(22(27)28)14-16-6-8-17(9-7-16)30-15-21(26)25-12-10-24(11-13-25)19-5-3-2-4-18(19)23/h2-9,20H,10-15H2,1H3,(H,27,28)/t20-/m0/s1. The number of halogens is 1. The van der Waals surface area contributed by atoms with Crippen molar-refractivity contribution in [3.63, 3.8) is 0 Å². The molecular weight excluding hydrogens is 391 g/mol. The molecule has 1 amide bonds. The molecule has 0 aliphatic carbocycles. The SMILES string of the molecule is CO[C@@H](Cc1ccc(OCC(=O)N2CCN(c3ccccc3F)CC2)cc1)C(=O)O. The summed E-state index contributed by atoms with van der Waals surface area (Å²) in [5.41, 5.74) is 1.35. The van der Waals surface area contributed by atoms with Crippen molar-refractivity contribution < 1.29 is 28.6 Å². The van der Waals surface area contributed by atoms with E-state index in [0.717, 1.165) is 5.56 Å². The van der Waals surface area contributed by atoms with E-state index in [2.05, 4.69) is 0 Å². The van der Waals surface area contributed by atoms with Crippen LogP contribution in [0.4, 0.5) is 10.1 Å². The van der Waals surface area contributed by atoms with Gasteiger partial charge in [0, 0.05) is 39.7 Å². The minimum atomic E-state index is -1.02. The first kappa shape index (κ1) is 21.6. The van der Waals surface area contributed by atoms with Crippen LogP contribution in [-0.4, -0.2) is 67.9 Å². The normalized spacial score (nSPS) is 15.0. The molecule has 1 heterocycles. The van der Waals surface area contributed by atoms with E-state index < -0.39 is 12.1 Å². The molecule has 0 radical (unpaired) electrons. The van der Waals surface area contributed by atoms with Gasteiger partial charge in [-0.05, 0) is 29.8 Å². The van der Waals surface area contributed by atoms with E-state index in [1.165, 1.54) is 13.2 Å². The largest absolute Gasteiger partial charge is 0.484 e. The van der Waals surface area contributed by atoms with Gasteiger partial charge < -0.3 is 24.4 Å². The van der Waals surface area contributed by atoms with E-state index in [1.807, 2.05) is 4.90 Å². The van der Waals surface area contributed by atoms with Gasteiger partial charge in [-0.2, -0.15) is 0 Å². The third-order valence-electron chi connectivity index (χ3n) is 5.09. The molecule has 0 bridgehead atoms. The lowest BCUT2D eigenvalue weighted by Crippen LogP contribution is -2.50. The summed E-state index contributed by atoms with van der Waals surface area (Å²) in [7, 11) is 1.36. The van der Waals surface area contributed by atoms with Crippen molar-refractivity contribution in [2.45, 2.75) is 12.5 Å². The number of carbonyl (C=O) groups is 2. The molecule has 1 saturated heterocycles. The van der Waals surface area contributed by atoms with Crippen LogP contribution in [0.5, 0.6) is 5.75 Å². The fourth-order valence-corrected chi connectivity index (χ4v) is 3.35. The second-order valence-corrected chi connectivity index (χ2v) is 7.02. The Morgan fingerprint density at radius 2 is 1.73 bits per heavy atom. The van der Waals surface area contributed by atoms with Crippen molar-refractivity contribution in [3.8, 4) is 5.75 Å². The van der Waals surface area contributed by atoms with Crippen LogP contribution in [0.3, 0.4) is 0 Å². The summed E-state index contributed by atoms with van der Waals surface area (Å²) in [5, 5.41) is 9.04. The van der Waals surface area contributed by atoms with Gasteiger partial charge in [-0.1, -0.05) is 24.3 Å². The van der Waals surface area contributed by atoms with E-state index in [1.54, 1.807) is 47.4 Å². The second-order valence-electron chi connectivity index (χ2n) is 7.02. The van der Waals surface area contributed by atoms with Crippen molar-refractivity contribution in [3.05, 3.63) is 59.9 Å². The fraction of sp³-hybridized carbons (Fsp3) is 0.364. The lowest BCUT2D eigenvalue weighted by Gasteiger charge is -2.36. The molecule has 1 aliphatic heterocycles. The smallest absolute Gasteiger partial charge is 0.333 e. The van der Waals surface area contributed by atoms with Gasteiger partial charge in [0.15, 0.2) is 12.7 Å². The van der Waals surface area contributed by atoms with Crippen LogP contribution in [0.1, 0.15) is 5.56 Å². The number of carboxylic acids is 1. The van der Waals surface area contributed by atoms with Gasteiger partial charge in [-0.15, -0.1) is 0 Å². The Balaban J connectivity index is 1.46. The van der Waals surface area contributed by atoms with E-state index in [4.69, 9.17) is 14.6 Å². The van der Waals surface area contributed by atoms with E-state index in [-0.39, 0.29) is 24.8 Å². The molecule has 3 rings (SSSR count). The van der Waals surface area contributed by atoms with Gasteiger partial charge in [0.05, 0.1) is 5.69 Å². The van der Waals surface area contributed by atoms with Gasteiger partial charge in [-0.25, -0.2) is 9.18 Å². The summed E-state index contributed by atoms with van der Waals surface area (Å²) in [6.45, 7) is 2.04. The fourth-order valence-electron chi connectivity index (χ4n) is 3.35. The number of benzene rings is 2. The minimum Gasteiger partial charge on any atom is -0.484 e. The molecular formula is C22H25FN2O5. The average molecular weight is 416 g/mol. The lowest BCUT2D eigenvalue weighted by atomic mass is 10.1. The lowest BCUT2D eigenvalue weighted by molar-refractivity contribution is -0.148. The van der Waals surface area contributed by atoms with Crippen molar-refractivity contribution in [1.29, 1.82) is 0 Å².